The zero-order valence-corrected chi connectivity index (χ0v) is 14.3. The van der Waals surface area contributed by atoms with Gasteiger partial charge in [0.05, 0.1) is 21.8 Å². The Kier molecular flexibility index (Phi) is 5.14. The fourth-order valence-electron chi connectivity index (χ4n) is 1.86. The Morgan fingerprint density at radius 3 is 2.43 bits per heavy atom. The number of carbonyl (C=O) groups excluding carboxylic acids is 1. The summed E-state index contributed by atoms with van der Waals surface area (Å²) in [6, 6.07) is 10.6. The number of carbonyl (C=O) groups is 1. The van der Waals surface area contributed by atoms with Crippen LogP contribution in [0.1, 0.15) is 28.9 Å². The van der Waals surface area contributed by atoms with E-state index >= 15 is 0 Å². The number of hydrogen-bond donors (Lipinski definition) is 2. The van der Waals surface area contributed by atoms with Crippen LogP contribution in [0.25, 0.3) is 0 Å². The van der Waals surface area contributed by atoms with Crippen LogP contribution < -0.4 is 11.1 Å². The van der Waals surface area contributed by atoms with Crippen molar-refractivity contribution in [2.24, 2.45) is 0 Å². The Labute approximate surface area is 141 Å². The maximum Gasteiger partial charge on any atom is 0.251 e. The summed E-state index contributed by atoms with van der Waals surface area (Å²) in [7, 11) is 0. The quantitative estimate of drug-likeness (QED) is 0.741. The molecule has 0 radical (unpaired) electrons. The average molecular weight is 388 g/mol. The number of halogens is 3. The van der Waals surface area contributed by atoms with Gasteiger partial charge < -0.3 is 11.1 Å². The zero-order chi connectivity index (χ0) is 15.6. The van der Waals surface area contributed by atoms with E-state index in [1.165, 1.54) is 12.1 Å². The van der Waals surface area contributed by atoms with E-state index in [1.54, 1.807) is 0 Å². The van der Waals surface area contributed by atoms with E-state index in [1.807, 2.05) is 31.2 Å². The molecule has 0 aliphatic rings. The van der Waals surface area contributed by atoms with E-state index in [9.17, 15) is 4.79 Å². The predicted molar refractivity (Wildman–Crippen MR) is 90.9 cm³/mol. The minimum Gasteiger partial charge on any atom is -0.397 e. The lowest BCUT2D eigenvalue weighted by molar-refractivity contribution is 0.0940. The number of anilines is 1. The molecule has 0 saturated carbocycles. The summed E-state index contributed by atoms with van der Waals surface area (Å²) in [5.41, 5.74) is 7.38. The lowest BCUT2D eigenvalue weighted by atomic mass is 10.1. The van der Waals surface area contributed by atoms with Gasteiger partial charge in [0.15, 0.2) is 0 Å². The van der Waals surface area contributed by atoms with Crippen LogP contribution in [0.3, 0.4) is 0 Å². The topological polar surface area (TPSA) is 55.1 Å². The molecule has 2 aromatic carbocycles. The lowest BCUT2D eigenvalue weighted by Crippen LogP contribution is -2.26. The number of hydrogen-bond acceptors (Lipinski definition) is 2. The van der Waals surface area contributed by atoms with Gasteiger partial charge in [0.1, 0.15) is 0 Å². The highest BCUT2D eigenvalue weighted by Gasteiger charge is 2.14. The summed E-state index contributed by atoms with van der Waals surface area (Å²) >= 11 is 15.2. The monoisotopic (exact) mass is 386 g/mol. The first kappa shape index (κ1) is 16.1. The second-order valence-electron chi connectivity index (χ2n) is 4.61. The van der Waals surface area contributed by atoms with Crippen LogP contribution >= 0.6 is 39.1 Å². The molecule has 0 unspecified atom stereocenters. The Bertz CT molecular complexity index is 651. The van der Waals surface area contributed by atoms with Crippen LogP contribution in [0.2, 0.25) is 10.0 Å². The van der Waals surface area contributed by atoms with Gasteiger partial charge in [-0.05, 0) is 36.8 Å². The van der Waals surface area contributed by atoms with Gasteiger partial charge in [-0.25, -0.2) is 0 Å². The Balaban J connectivity index is 2.16. The molecule has 2 aromatic rings. The van der Waals surface area contributed by atoms with Crippen molar-refractivity contribution in [3.8, 4) is 0 Å². The third-order valence-electron chi connectivity index (χ3n) is 3.04. The van der Waals surface area contributed by atoms with Crippen molar-refractivity contribution in [2.45, 2.75) is 13.0 Å². The smallest absolute Gasteiger partial charge is 0.251 e. The number of rotatable bonds is 3. The molecule has 21 heavy (non-hydrogen) atoms. The van der Waals surface area contributed by atoms with E-state index in [0.29, 0.717) is 5.56 Å². The summed E-state index contributed by atoms with van der Waals surface area (Å²) in [5, 5.41) is 3.41. The molecule has 1 atom stereocenters. The second-order valence-corrected chi connectivity index (χ2v) is 6.31. The molecule has 110 valence electrons. The van der Waals surface area contributed by atoms with Crippen molar-refractivity contribution in [3.05, 3.63) is 62.0 Å². The summed E-state index contributed by atoms with van der Waals surface area (Å²) in [5.74, 6) is -0.254. The molecule has 0 heterocycles. The Hall–Kier alpha value is -1.23. The van der Waals surface area contributed by atoms with Gasteiger partial charge in [0.25, 0.3) is 5.91 Å². The van der Waals surface area contributed by atoms with Crippen LogP contribution in [0.15, 0.2) is 40.9 Å². The second kappa shape index (κ2) is 6.69. The number of nitrogens with one attached hydrogen (secondary N) is 1. The molecule has 0 spiro atoms. The minimum atomic E-state index is -0.254. The van der Waals surface area contributed by atoms with Crippen molar-refractivity contribution in [1.82, 2.24) is 5.32 Å². The van der Waals surface area contributed by atoms with E-state index in [2.05, 4.69) is 21.2 Å². The van der Waals surface area contributed by atoms with Gasteiger partial charge in [0, 0.05) is 10.0 Å². The third kappa shape index (κ3) is 3.90. The largest absolute Gasteiger partial charge is 0.397 e. The number of amides is 1. The van der Waals surface area contributed by atoms with Crippen LogP contribution in [-0.2, 0) is 0 Å². The number of nitrogen functional groups attached to an aromatic ring is 1. The Morgan fingerprint density at radius 2 is 1.86 bits per heavy atom. The van der Waals surface area contributed by atoms with Crippen LogP contribution in [0, 0.1) is 0 Å². The molecule has 3 N–H and O–H groups in total. The lowest BCUT2D eigenvalue weighted by Gasteiger charge is -2.15. The first-order valence-corrected chi connectivity index (χ1v) is 7.74. The third-order valence-corrected chi connectivity index (χ3v) is 4.38. The summed E-state index contributed by atoms with van der Waals surface area (Å²) < 4.78 is 0.988. The molecule has 3 nitrogen and oxygen atoms in total. The van der Waals surface area contributed by atoms with Gasteiger partial charge in [0.2, 0.25) is 0 Å². The zero-order valence-electron chi connectivity index (χ0n) is 11.2. The summed E-state index contributed by atoms with van der Waals surface area (Å²) in [4.78, 5) is 12.2. The number of nitrogens with two attached hydrogens (primary N) is 1. The first-order chi connectivity index (χ1) is 9.88. The molecule has 1 amide bonds. The van der Waals surface area contributed by atoms with Gasteiger partial charge >= 0.3 is 0 Å². The SMILES string of the molecule is C[C@@H](NC(=O)c1cc(N)c(Cl)c(Cl)c1)c1ccc(Br)cc1. The molecule has 0 bridgehead atoms. The molecule has 0 aliphatic carbocycles. The fourth-order valence-corrected chi connectivity index (χ4v) is 2.46. The summed E-state index contributed by atoms with van der Waals surface area (Å²) in [6.07, 6.45) is 0. The maximum atomic E-state index is 12.2. The van der Waals surface area contributed by atoms with Crippen LogP contribution in [0.4, 0.5) is 5.69 Å². The molecular formula is C15H13BrCl2N2O. The molecule has 0 aromatic heterocycles. The molecule has 6 heteroatoms. The van der Waals surface area contributed by atoms with Gasteiger partial charge in [-0.1, -0.05) is 51.3 Å². The Morgan fingerprint density at radius 1 is 1.24 bits per heavy atom. The van der Waals surface area contributed by atoms with Crippen LogP contribution in [0.5, 0.6) is 0 Å². The van der Waals surface area contributed by atoms with Crippen molar-refractivity contribution in [1.29, 1.82) is 0 Å². The average Bonchev–Trinajstić information content (AvgIpc) is 2.44. The van der Waals surface area contributed by atoms with E-state index in [-0.39, 0.29) is 27.7 Å². The van der Waals surface area contributed by atoms with Gasteiger partial charge in [-0.15, -0.1) is 0 Å². The molecule has 0 saturated heterocycles. The molecule has 0 fully saturated rings. The van der Waals surface area contributed by atoms with Gasteiger partial charge in [-0.3, -0.25) is 4.79 Å². The molecule has 0 aliphatic heterocycles. The summed E-state index contributed by atoms with van der Waals surface area (Å²) in [6.45, 7) is 1.90. The van der Waals surface area contributed by atoms with E-state index in [4.69, 9.17) is 28.9 Å². The standard InChI is InChI=1S/C15H13BrCl2N2O/c1-8(9-2-4-11(16)5-3-9)20-15(21)10-6-12(17)14(18)13(19)7-10/h2-8H,19H2,1H3,(H,20,21)/t8-/m1/s1. The van der Waals surface area contributed by atoms with Gasteiger partial charge in [-0.2, -0.15) is 0 Å². The van der Waals surface area contributed by atoms with E-state index in [0.717, 1.165) is 10.0 Å². The normalized spacial score (nSPS) is 12.0. The van der Waals surface area contributed by atoms with Crippen molar-refractivity contribution in [2.75, 3.05) is 5.73 Å². The van der Waals surface area contributed by atoms with Crippen molar-refractivity contribution >= 4 is 50.7 Å². The highest BCUT2D eigenvalue weighted by molar-refractivity contribution is 9.10. The van der Waals surface area contributed by atoms with Crippen LogP contribution in [-0.4, -0.2) is 5.91 Å². The van der Waals surface area contributed by atoms with Crippen molar-refractivity contribution in [3.63, 3.8) is 0 Å². The molecular weight excluding hydrogens is 375 g/mol. The first-order valence-electron chi connectivity index (χ1n) is 6.19. The fraction of sp³-hybridized carbons (Fsp3) is 0.133. The minimum absolute atomic E-state index is 0.138. The molecule has 2 rings (SSSR count). The van der Waals surface area contributed by atoms with E-state index < -0.39 is 0 Å². The van der Waals surface area contributed by atoms with Crippen molar-refractivity contribution < 1.29 is 4.79 Å². The maximum absolute atomic E-state index is 12.2. The highest BCUT2D eigenvalue weighted by Crippen LogP contribution is 2.29. The highest BCUT2D eigenvalue weighted by atomic mass is 79.9. The number of benzene rings is 2. The predicted octanol–water partition coefficient (Wildman–Crippen LogP) is 4.83.